The van der Waals surface area contributed by atoms with Gasteiger partial charge in [-0.2, -0.15) is 0 Å². The van der Waals surface area contributed by atoms with Crippen LogP contribution in [0.25, 0.3) is 87.5 Å². The average Bonchev–Trinajstić information content (AvgIpc) is 3.63. The third-order valence-electron chi connectivity index (χ3n) is 10.8. The van der Waals surface area contributed by atoms with Crippen molar-refractivity contribution in [2.24, 2.45) is 0 Å². The Labute approximate surface area is 312 Å². The molecule has 252 valence electrons. The zero-order chi connectivity index (χ0) is 35.6. The summed E-state index contributed by atoms with van der Waals surface area (Å²) in [7, 11) is 0. The number of para-hydroxylation sites is 2. The van der Waals surface area contributed by atoms with E-state index in [4.69, 9.17) is 9.40 Å². The van der Waals surface area contributed by atoms with E-state index in [1.807, 2.05) is 12.1 Å². The number of benzene rings is 9. The minimum absolute atomic E-state index is 0.898. The van der Waals surface area contributed by atoms with E-state index in [9.17, 15) is 0 Å². The third-order valence-corrected chi connectivity index (χ3v) is 10.8. The highest BCUT2D eigenvalue weighted by molar-refractivity contribution is 6.24. The highest BCUT2D eigenvalue weighted by atomic mass is 16.3. The van der Waals surface area contributed by atoms with Gasteiger partial charge in [-0.25, -0.2) is 4.98 Å². The maximum atomic E-state index is 6.54. The Morgan fingerprint density at radius 1 is 0.370 bits per heavy atom. The lowest BCUT2D eigenvalue weighted by Gasteiger charge is -2.28. The Balaban J connectivity index is 1.01. The van der Waals surface area contributed by atoms with Crippen molar-refractivity contribution < 1.29 is 4.42 Å². The molecule has 2 heterocycles. The fraction of sp³-hybridized carbons (Fsp3) is 0. The lowest BCUT2D eigenvalue weighted by atomic mass is 9.96. The first-order chi connectivity index (χ1) is 26.8. The standard InChI is InChI=1S/C51H32N2O/c1-3-15-39-35(11-1)13-9-20-46(39)53(47-21-10-14-36-12-2-4-16-40(36)47)38-29-27-34(28-30-38)33-23-25-37(26-24-33)50-44-32-31-42-41-17-6-8-22-48(41)54-51(42)49(44)43-18-5-7-19-45(43)52-50/h1-32H. The van der Waals surface area contributed by atoms with Crippen LogP contribution < -0.4 is 4.90 Å². The number of aromatic nitrogens is 1. The number of hydrogen-bond acceptors (Lipinski definition) is 3. The molecule has 0 unspecified atom stereocenters. The van der Waals surface area contributed by atoms with Gasteiger partial charge in [0.25, 0.3) is 0 Å². The van der Waals surface area contributed by atoms with Crippen LogP contribution in [0.3, 0.4) is 0 Å². The second-order valence-corrected chi connectivity index (χ2v) is 13.9. The van der Waals surface area contributed by atoms with E-state index in [0.717, 1.165) is 83.1 Å². The molecule has 0 saturated carbocycles. The van der Waals surface area contributed by atoms with Crippen LogP contribution in [-0.2, 0) is 0 Å². The van der Waals surface area contributed by atoms with Gasteiger partial charge in [-0.1, -0.05) is 152 Å². The summed E-state index contributed by atoms with van der Waals surface area (Å²) in [4.78, 5) is 7.62. The van der Waals surface area contributed by atoms with Crippen molar-refractivity contribution in [3.8, 4) is 22.4 Å². The van der Waals surface area contributed by atoms with Crippen molar-refractivity contribution in [2.75, 3.05) is 4.90 Å². The van der Waals surface area contributed by atoms with E-state index in [2.05, 4.69) is 187 Å². The van der Waals surface area contributed by atoms with Gasteiger partial charge in [-0.15, -0.1) is 0 Å². The molecule has 0 aliphatic carbocycles. The van der Waals surface area contributed by atoms with Crippen LogP contribution in [0.5, 0.6) is 0 Å². The molecular formula is C51H32N2O. The van der Waals surface area contributed by atoms with Gasteiger partial charge in [0.1, 0.15) is 11.2 Å². The lowest BCUT2D eigenvalue weighted by Crippen LogP contribution is -2.11. The van der Waals surface area contributed by atoms with Crippen LogP contribution in [0.2, 0.25) is 0 Å². The highest BCUT2D eigenvalue weighted by Gasteiger charge is 2.19. The van der Waals surface area contributed by atoms with Crippen LogP contribution in [-0.4, -0.2) is 4.98 Å². The molecule has 0 amide bonds. The summed E-state index contributed by atoms with van der Waals surface area (Å²) < 4.78 is 6.54. The summed E-state index contributed by atoms with van der Waals surface area (Å²) >= 11 is 0. The molecule has 0 fully saturated rings. The zero-order valence-electron chi connectivity index (χ0n) is 29.3. The highest BCUT2D eigenvalue weighted by Crippen LogP contribution is 2.43. The van der Waals surface area contributed by atoms with Gasteiger partial charge < -0.3 is 9.32 Å². The van der Waals surface area contributed by atoms with Gasteiger partial charge in [0.2, 0.25) is 0 Å². The Hall–Kier alpha value is -7.23. The molecule has 0 saturated heterocycles. The van der Waals surface area contributed by atoms with E-state index < -0.39 is 0 Å². The smallest absolute Gasteiger partial charge is 0.144 e. The summed E-state index contributed by atoms with van der Waals surface area (Å²) in [5, 5.41) is 10.4. The average molecular weight is 689 g/mol. The molecule has 9 aromatic carbocycles. The second-order valence-electron chi connectivity index (χ2n) is 13.9. The molecule has 0 radical (unpaired) electrons. The molecule has 2 aromatic heterocycles. The van der Waals surface area contributed by atoms with Crippen LogP contribution in [0.15, 0.2) is 199 Å². The normalized spacial score (nSPS) is 11.7. The Bertz CT molecular complexity index is 3120. The van der Waals surface area contributed by atoms with E-state index in [1.54, 1.807) is 0 Å². The monoisotopic (exact) mass is 688 g/mol. The summed E-state index contributed by atoms with van der Waals surface area (Å²) in [5.74, 6) is 0. The number of rotatable bonds is 5. The molecule has 3 nitrogen and oxygen atoms in total. The van der Waals surface area contributed by atoms with E-state index >= 15 is 0 Å². The van der Waals surface area contributed by atoms with Crippen molar-refractivity contribution in [1.29, 1.82) is 0 Å². The number of anilines is 3. The van der Waals surface area contributed by atoms with Crippen molar-refractivity contribution in [3.05, 3.63) is 194 Å². The first-order valence-electron chi connectivity index (χ1n) is 18.4. The van der Waals surface area contributed by atoms with Gasteiger partial charge >= 0.3 is 0 Å². The SMILES string of the molecule is c1ccc2c(N(c3ccc(-c4ccc(-c5nc6ccccc6c6c5ccc5c7ccccc7oc56)cc4)cc3)c3cccc4ccccc34)cccc2c1. The summed E-state index contributed by atoms with van der Waals surface area (Å²) in [6.07, 6.45) is 0. The predicted octanol–water partition coefficient (Wildman–Crippen LogP) is 14.4. The topological polar surface area (TPSA) is 29.3 Å². The molecule has 3 heteroatoms. The Morgan fingerprint density at radius 3 is 1.57 bits per heavy atom. The lowest BCUT2D eigenvalue weighted by molar-refractivity contribution is 0.673. The third kappa shape index (κ3) is 4.79. The number of hydrogen-bond donors (Lipinski definition) is 0. The fourth-order valence-corrected chi connectivity index (χ4v) is 8.27. The molecular weight excluding hydrogens is 657 g/mol. The van der Waals surface area contributed by atoms with Crippen LogP contribution >= 0.6 is 0 Å². The molecule has 0 N–H and O–H groups in total. The molecule has 0 bridgehead atoms. The molecule has 11 rings (SSSR count). The first-order valence-corrected chi connectivity index (χ1v) is 18.4. The van der Waals surface area contributed by atoms with Crippen LogP contribution in [0.1, 0.15) is 0 Å². The molecule has 0 aliphatic rings. The molecule has 11 aromatic rings. The van der Waals surface area contributed by atoms with Gasteiger partial charge in [0, 0.05) is 49.0 Å². The van der Waals surface area contributed by atoms with Crippen LogP contribution in [0, 0.1) is 0 Å². The van der Waals surface area contributed by atoms with Crippen LogP contribution in [0.4, 0.5) is 17.1 Å². The number of nitrogens with zero attached hydrogens (tertiary/aromatic N) is 2. The zero-order valence-corrected chi connectivity index (χ0v) is 29.3. The van der Waals surface area contributed by atoms with Gasteiger partial charge in [0.15, 0.2) is 0 Å². The quantitative estimate of drug-likeness (QED) is 0.169. The van der Waals surface area contributed by atoms with Crippen molar-refractivity contribution in [1.82, 2.24) is 4.98 Å². The van der Waals surface area contributed by atoms with E-state index in [-0.39, 0.29) is 0 Å². The largest absolute Gasteiger partial charge is 0.455 e. The Morgan fingerprint density at radius 2 is 0.889 bits per heavy atom. The van der Waals surface area contributed by atoms with Crippen molar-refractivity contribution in [3.63, 3.8) is 0 Å². The maximum Gasteiger partial charge on any atom is 0.144 e. The number of pyridine rings is 1. The fourth-order valence-electron chi connectivity index (χ4n) is 8.27. The predicted molar refractivity (Wildman–Crippen MR) is 227 cm³/mol. The molecule has 0 spiro atoms. The van der Waals surface area contributed by atoms with Gasteiger partial charge in [-0.05, 0) is 64.4 Å². The molecule has 0 aliphatic heterocycles. The minimum atomic E-state index is 0.898. The van der Waals surface area contributed by atoms with Gasteiger partial charge in [0.05, 0.1) is 22.6 Å². The van der Waals surface area contributed by atoms with E-state index in [1.165, 1.54) is 21.5 Å². The van der Waals surface area contributed by atoms with Crippen molar-refractivity contribution >= 4 is 82.2 Å². The summed E-state index contributed by atoms with van der Waals surface area (Å²) in [6, 6.07) is 69.1. The van der Waals surface area contributed by atoms with E-state index in [0.29, 0.717) is 0 Å². The Kier molecular flexibility index (Phi) is 6.86. The maximum absolute atomic E-state index is 6.54. The second kappa shape index (κ2) is 12.2. The summed E-state index contributed by atoms with van der Waals surface area (Å²) in [5.41, 5.74) is 10.5. The van der Waals surface area contributed by atoms with Crippen molar-refractivity contribution in [2.45, 2.75) is 0 Å². The summed E-state index contributed by atoms with van der Waals surface area (Å²) in [6.45, 7) is 0. The number of fused-ring (bicyclic) bond motifs is 9. The molecule has 54 heavy (non-hydrogen) atoms. The number of furan rings is 1. The first kappa shape index (κ1) is 30.4. The minimum Gasteiger partial charge on any atom is -0.455 e. The molecule has 0 atom stereocenters. The van der Waals surface area contributed by atoms with Gasteiger partial charge in [-0.3, -0.25) is 0 Å².